The van der Waals surface area contributed by atoms with E-state index in [0.29, 0.717) is 12.4 Å². The van der Waals surface area contributed by atoms with Gasteiger partial charge in [0, 0.05) is 12.2 Å². The largest absolute Gasteiger partial charge is 0.478 e. The Morgan fingerprint density at radius 3 is 2.63 bits per heavy atom. The number of carbonyl (C=O) groups is 1. The molecule has 4 nitrogen and oxygen atoms in total. The molecule has 1 aromatic carbocycles. The summed E-state index contributed by atoms with van der Waals surface area (Å²) in [6, 6.07) is 13.3. The zero-order valence-corrected chi connectivity index (χ0v) is 10.8. The fraction of sp³-hybridized carbons (Fsp3) is 0.200. The monoisotopic (exact) mass is 256 g/mol. The standard InChI is InChI=1S/C15H16N2O2/c1-11-7-8-13(15(18)19)14(17-11)16-10-9-12-5-3-2-4-6-12/h2-8H,9-10H2,1H3,(H,16,17)(H,18,19). The van der Waals surface area contributed by atoms with Crippen LogP contribution in [0.4, 0.5) is 5.82 Å². The highest BCUT2D eigenvalue weighted by atomic mass is 16.4. The van der Waals surface area contributed by atoms with Crippen molar-refractivity contribution < 1.29 is 9.90 Å². The number of nitrogens with one attached hydrogen (secondary N) is 1. The summed E-state index contributed by atoms with van der Waals surface area (Å²) < 4.78 is 0. The topological polar surface area (TPSA) is 62.2 Å². The third kappa shape index (κ3) is 3.55. The van der Waals surface area contributed by atoms with Gasteiger partial charge in [-0.1, -0.05) is 30.3 Å². The third-order valence-corrected chi connectivity index (χ3v) is 2.81. The second-order valence-electron chi connectivity index (χ2n) is 4.32. The van der Waals surface area contributed by atoms with E-state index in [1.807, 2.05) is 37.3 Å². The van der Waals surface area contributed by atoms with Crippen LogP contribution >= 0.6 is 0 Å². The molecule has 0 atom stereocenters. The molecule has 2 rings (SSSR count). The van der Waals surface area contributed by atoms with Gasteiger partial charge in [-0.15, -0.1) is 0 Å². The summed E-state index contributed by atoms with van der Waals surface area (Å²) >= 11 is 0. The second kappa shape index (κ2) is 6.00. The average molecular weight is 256 g/mol. The van der Waals surface area contributed by atoms with Gasteiger partial charge in [0.05, 0.1) is 0 Å². The smallest absolute Gasteiger partial charge is 0.339 e. The molecule has 0 amide bonds. The number of nitrogens with zero attached hydrogens (tertiary/aromatic N) is 1. The van der Waals surface area contributed by atoms with Crippen molar-refractivity contribution in [3.8, 4) is 0 Å². The predicted octanol–water partition coefficient (Wildman–Crippen LogP) is 2.74. The van der Waals surface area contributed by atoms with Crippen molar-refractivity contribution in [2.75, 3.05) is 11.9 Å². The Morgan fingerprint density at radius 1 is 1.21 bits per heavy atom. The number of aromatic nitrogens is 1. The van der Waals surface area contributed by atoms with E-state index in [2.05, 4.69) is 10.3 Å². The lowest BCUT2D eigenvalue weighted by molar-refractivity contribution is 0.0697. The number of aromatic carboxylic acids is 1. The summed E-state index contributed by atoms with van der Waals surface area (Å²) in [5.74, 6) is -0.529. The molecule has 1 heterocycles. The van der Waals surface area contributed by atoms with E-state index in [1.54, 1.807) is 12.1 Å². The van der Waals surface area contributed by atoms with Crippen molar-refractivity contribution in [3.05, 3.63) is 59.3 Å². The molecule has 98 valence electrons. The van der Waals surface area contributed by atoms with Crippen molar-refractivity contribution in [3.63, 3.8) is 0 Å². The van der Waals surface area contributed by atoms with Gasteiger partial charge in [-0.2, -0.15) is 0 Å². The van der Waals surface area contributed by atoms with Crippen LogP contribution in [0.1, 0.15) is 21.6 Å². The van der Waals surface area contributed by atoms with Gasteiger partial charge in [0.25, 0.3) is 0 Å². The third-order valence-electron chi connectivity index (χ3n) is 2.81. The number of rotatable bonds is 5. The zero-order valence-electron chi connectivity index (χ0n) is 10.8. The van der Waals surface area contributed by atoms with Gasteiger partial charge in [0.15, 0.2) is 0 Å². The van der Waals surface area contributed by atoms with E-state index in [0.717, 1.165) is 12.1 Å². The van der Waals surface area contributed by atoms with Crippen molar-refractivity contribution in [1.82, 2.24) is 4.98 Å². The maximum Gasteiger partial charge on any atom is 0.339 e. The van der Waals surface area contributed by atoms with Crippen LogP contribution in [-0.4, -0.2) is 22.6 Å². The van der Waals surface area contributed by atoms with Crippen molar-refractivity contribution in [2.24, 2.45) is 0 Å². The molecule has 0 saturated carbocycles. The number of benzene rings is 1. The number of hydrogen-bond donors (Lipinski definition) is 2. The molecule has 0 saturated heterocycles. The lowest BCUT2D eigenvalue weighted by Crippen LogP contribution is -2.11. The molecule has 19 heavy (non-hydrogen) atoms. The van der Waals surface area contributed by atoms with Gasteiger partial charge < -0.3 is 10.4 Å². The van der Waals surface area contributed by atoms with Crippen LogP contribution in [0.15, 0.2) is 42.5 Å². The molecular formula is C15H16N2O2. The summed E-state index contributed by atoms with van der Waals surface area (Å²) in [5.41, 5.74) is 2.21. The van der Waals surface area contributed by atoms with Crippen LogP contribution in [0.2, 0.25) is 0 Å². The van der Waals surface area contributed by atoms with Crippen LogP contribution in [0.25, 0.3) is 0 Å². The molecule has 2 N–H and O–H groups in total. The fourth-order valence-corrected chi connectivity index (χ4v) is 1.83. The molecule has 0 aliphatic rings. The average Bonchev–Trinajstić information content (AvgIpc) is 2.39. The number of pyridine rings is 1. The molecule has 0 aliphatic heterocycles. The van der Waals surface area contributed by atoms with Gasteiger partial charge in [0.2, 0.25) is 0 Å². The van der Waals surface area contributed by atoms with Crippen molar-refractivity contribution in [2.45, 2.75) is 13.3 Å². The first-order valence-corrected chi connectivity index (χ1v) is 6.15. The first-order chi connectivity index (χ1) is 9.16. The molecule has 0 fully saturated rings. The number of hydrogen-bond acceptors (Lipinski definition) is 3. The Hall–Kier alpha value is -2.36. The Morgan fingerprint density at radius 2 is 1.95 bits per heavy atom. The lowest BCUT2D eigenvalue weighted by atomic mass is 10.1. The fourth-order valence-electron chi connectivity index (χ4n) is 1.83. The molecule has 1 aromatic heterocycles. The quantitative estimate of drug-likeness (QED) is 0.863. The molecule has 0 aliphatic carbocycles. The minimum Gasteiger partial charge on any atom is -0.478 e. The molecule has 0 spiro atoms. The maximum absolute atomic E-state index is 11.1. The summed E-state index contributed by atoms with van der Waals surface area (Å²) in [7, 11) is 0. The summed E-state index contributed by atoms with van der Waals surface area (Å²) in [5, 5.41) is 12.2. The van der Waals surface area contributed by atoms with Crippen LogP contribution in [-0.2, 0) is 6.42 Å². The molecule has 4 heteroatoms. The van der Waals surface area contributed by atoms with Gasteiger partial charge in [-0.3, -0.25) is 0 Å². The van der Waals surface area contributed by atoms with E-state index in [1.165, 1.54) is 5.56 Å². The second-order valence-corrected chi connectivity index (χ2v) is 4.32. The van der Waals surface area contributed by atoms with Crippen LogP contribution in [0.5, 0.6) is 0 Å². The SMILES string of the molecule is Cc1ccc(C(=O)O)c(NCCc2ccccc2)n1. The van der Waals surface area contributed by atoms with Crippen LogP contribution in [0.3, 0.4) is 0 Å². The van der Waals surface area contributed by atoms with Gasteiger partial charge in [-0.05, 0) is 31.0 Å². The van der Waals surface area contributed by atoms with Gasteiger partial charge in [-0.25, -0.2) is 9.78 Å². The maximum atomic E-state index is 11.1. The number of carboxylic acid groups (broad SMARTS) is 1. The molecule has 2 aromatic rings. The van der Waals surface area contributed by atoms with E-state index in [-0.39, 0.29) is 5.56 Å². The predicted molar refractivity (Wildman–Crippen MR) is 74.6 cm³/mol. The van der Waals surface area contributed by atoms with Gasteiger partial charge >= 0.3 is 5.97 Å². The Kier molecular flexibility index (Phi) is 4.13. The first kappa shape index (κ1) is 13.1. The Bertz CT molecular complexity index is 568. The number of anilines is 1. The highest BCUT2D eigenvalue weighted by molar-refractivity contribution is 5.93. The van der Waals surface area contributed by atoms with Crippen molar-refractivity contribution in [1.29, 1.82) is 0 Å². The molecule has 0 bridgehead atoms. The molecular weight excluding hydrogens is 240 g/mol. The highest BCUT2D eigenvalue weighted by Crippen LogP contribution is 2.13. The Labute approximate surface area is 112 Å². The molecule has 0 radical (unpaired) electrons. The van der Waals surface area contributed by atoms with E-state index in [9.17, 15) is 4.79 Å². The number of aryl methyl sites for hydroxylation is 1. The van der Waals surface area contributed by atoms with E-state index >= 15 is 0 Å². The normalized spacial score (nSPS) is 10.2. The van der Waals surface area contributed by atoms with E-state index < -0.39 is 5.97 Å². The molecule has 0 unspecified atom stereocenters. The minimum atomic E-state index is -0.963. The first-order valence-electron chi connectivity index (χ1n) is 6.15. The summed E-state index contributed by atoms with van der Waals surface area (Å²) in [4.78, 5) is 15.3. The summed E-state index contributed by atoms with van der Waals surface area (Å²) in [6.07, 6.45) is 0.829. The van der Waals surface area contributed by atoms with E-state index in [4.69, 9.17) is 5.11 Å². The van der Waals surface area contributed by atoms with Crippen molar-refractivity contribution >= 4 is 11.8 Å². The Balaban J connectivity index is 2.03. The van der Waals surface area contributed by atoms with Crippen LogP contribution < -0.4 is 5.32 Å². The highest BCUT2D eigenvalue weighted by Gasteiger charge is 2.10. The zero-order chi connectivity index (χ0) is 13.7. The van der Waals surface area contributed by atoms with Gasteiger partial charge in [0.1, 0.15) is 11.4 Å². The summed E-state index contributed by atoms with van der Waals surface area (Å²) in [6.45, 7) is 2.49. The minimum absolute atomic E-state index is 0.207. The van der Waals surface area contributed by atoms with Crippen LogP contribution in [0, 0.1) is 6.92 Å². The number of carboxylic acids is 1. The lowest BCUT2D eigenvalue weighted by Gasteiger charge is -2.09.